The monoisotopic (exact) mass is 464 g/mol. The number of hydrogen-bond acceptors (Lipinski definition) is 0. The molecule has 30 heavy (non-hydrogen) atoms. The molecule has 0 N–H and O–H groups in total. The van der Waals surface area contributed by atoms with Crippen molar-refractivity contribution in [1.29, 1.82) is 0 Å². The molecular formula is C28H58Cl2. The average Bonchev–Trinajstić information content (AvgIpc) is 2.74. The van der Waals surface area contributed by atoms with E-state index < -0.39 is 0 Å². The van der Waals surface area contributed by atoms with Gasteiger partial charge in [0.25, 0.3) is 0 Å². The van der Waals surface area contributed by atoms with Crippen molar-refractivity contribution in [2.24, 2.45) is 0 Å². The molecule has 0 aliphatic carbocycles. The Morgan fingerprint density at radius 3 is 1.03 bits per heavy atom. The van der Waals surface area contributed by atoms with Crippen LogP contribution in [-0.2, 0) is 0 Å². The Kier molecular flexibility index (Phi) is 32.3. The minimum absolute atomic E-state index is 0.374. The molecule has 0 radical (unpaired) electrons. The molecule has 2 unspecified atom stereocenters. The first-order valence-electron chi connectivity index (χ1n) is 13.9. The predicted octanol–water partition coefficient (Wildman–Crippen LogP) is 11.8. The first-order valence-corrected chi connectivity index (χ1v) is 14.7. The van der Waals surface area contributed by atoms with Gasteiger partial charge < -0.3 is 0 Å². The minimum Gasteiger partial charge on any atom is -0.123 e. The molecule has 0 aromatic heterocycles. The van der Waals surface area contributed by atoms with Gasteiger partial charge in [-0.2, -0.15) is 0 Å². The fourth-order valence-corrected chi connectivity index (χ4v) is 4.10. The Morgan fingerprint density at radius 1 is 0.433 bits per heavy atom. The Hall–Kier alpha value is 0.580. The highest BCUT2D eigenvalue weighted by Crippen LogP contribution is 2.15. The molecule has 0 bridgehead atoms. The molecule has 0 aliphatic heterocycles. The Bertz CT molecular complexity index is 278. The van der Waals surface area contributed by atoms with Gasteiger partial charge in [-0.15, -0.1) is 23.2 Å². The summed E-state index contributed by atoms with van der Waals surface area (Å²) >= 11 is 12.0. The highest BCUT2D eigenvalue weighted by molar-refractivity contribution is 6.20. The summed E-state index contributed by atoms with van der Waals surface area (Å²) in [7, 11) is 0. The summed E-state index contributed by atoms with van der Waals surface area (Å²) in [5.74, 6) is 0. The zero-order valence-corrected chi connectivity index (χ0v) is 23.0. The van der Waals surface area contributed by atoms with Crippen LogP contribution in [0.15, 0.2) is 0 Å². The maximum atomic E-state index is 6.06. The van der Waals surface area contributed by atoms with Crippen LogP contribution < -0.4 is 0 Å². The van der Waals surface area contributed by atoms with Gasteiger partial charge in [-0.1, -0.05) is 143 Å². The third-order valence-corrected chi connectivity index (χ3v) is 6.76. The Balaban J connectivity index is 0. The van der Waals surface area contributed by atoms with Crippen molar-refractivity contribution in [2.45, 2.75) is 180 Å². The van der Waals surface area contributed by atoms with Crippen LogP contribution >= 0.6 is 23.2 Å². The second-order valence-electron chi connectivity index (χ2n) is 9.37. The van der Waals surface area contributed by atoms with E-state index in [1.165, 1.54) is 135 Å². The molecule has 0 saturated carbocycles. The van der Waals surface area contributed by atoms with E-state index in [2.05, 4.69) is 27.7 Å². The van der Waals surface area contributed by atoms with Gasteiger partial charge in [-0.05, 0) is 26.2 Å². The maximum Gasteiger partial charge on any atom is 0.0333 e. The van der Waals surface area contributed by atoms with Crippen molar-refractivity contribution < 1.29 is 0 Å². The van der Waals surface area contributed by atoms with Crippen LogP contribution in [0.5, 0.6) is 0 Å². The lowest BCUT2D eigenvalue weighted by molar-refractivity contribution is 0.548. The molecular weight excluding hydrogens is 407 g/mol. The second kappa shape index (κ2) is 29.6. The summed E-state index contributed by atoms with van der Waals surface area (Å²) in [6.45, 7) is 8.81. The maximum absolute atomic E-state index is 6.06. The van der Waals surface area contributed by atoms with E-state index in [4.69, 9.17) is 23.2 Å². The van der Waals surface area contributed by atoms with Gasteiger partial charge >= 0.3 is 0 Å². The largest absolute Gasteiger partial charge is 0.123 e. The standard InChI is InChI=1S/2C14H29Cl/c1-3-4-5-6-7-8-9-10-11-12-13-14(2)15;1-3-5-6-7-8-9-10-11-12-13-14(15)4-2/h2*14H,3-13H2,1-2H3. The lowest BCUT2D eigenvalue weighted by Gasteiger charge is -2.05. The van der Waals surface area contributed by atoms with E-state index in [0.717, 1.165) is 6.42 Å². The third kappa shape index (κ3) is 33.2. The summed E-state index contributed by atoms with van der Waals surface area (Å²) in [5, 5.41) is 0.800. The third-order valence-electron chi connectivity index (χ3n) is 6.02. The Labute approximate surface area is 202 Å². The number of hydrogen-bond donors (Lipinski definition) is 0. The average molecular weight is 466 g/mol. The van der Waals surface area contributed by atoms with Crippen molar-refractivity contribution in [2.75, 3.05) is 0 Å². The summed E-state index contributed by atoms with van der Waals surface area (Å²) < 4.78 is 0. The topological polar surface area (TPSA) is 0 Å². The molecule has 2 heteroatoms. The van der Waals surface area contributed by atoms with Crippen LogP contribution in [-0.4, -0.2) is 10.8 Å². The van der Waals surface area contributed by atoms with Gasteiger partial charge in [0, 0.05) is 10.8 Å². The fraction of sp³-hybridized carbons (Fsp3) is 1.00. The van der Waals surface area contributed by atoms with Crippen molar-refractivity contribution in [3.8, 4) is 0 Å². The second-order valence-corrected chi connectivity index (χ2v) is 10.7. The number of halogens is 2. The van der Waals surface area contributed by atoms with E-state index in [-0.39, 0.29) is 0 Å². The van der Waals surface area contributed by atoms with E-state index in [0.29, 0.717) is 10.8 Å². The van der Waals surface area contributed by atoms with E-state index in [1.54, 1.807) is 0 Å². The lowest BCUT2D eigenvalue weighted by atomic mass is 10.1. The Morgan fingerprint density at radius 2 is 0.733 bits per heavy atom. The molecule has 0 heterocycles. The summed E-state index contributed by atoms with van der Waals surface area (Å²) in [4.78, 5) is 0. The summed E-state index contributed by atoms with van der Waals surface area (Å²) in [6.07, 6.45) is 30.3. The number of rotatable bonds is 22. The molecule has 0 aromatic rings. The molecule has 0 aromatic carbocycles. The normalized spacial score (nSPS) is 13.0. The van der Waals surface area contributed by atoms with Crippen LogP contribution in [0, 0.1) is 0 Å². The molecule has 2 atom stereocenters. The van der Waals surface area contributed by atoms with Gasteiger partial charge in [0.1, 0.15) is 0 Å². The smallest absolute Gasteiger partial charge is 0.0333 e. The van der Waals surface area contributed by atoms with Gasteiger partial charge in [-0.25, -0.2) is 0 Å². The summed E-state index contributed by atoms with van der Waals surface area (Å²) in [5.41, 5.74) is 0. The highest BCUT2D eigenvalue weighted by Gasteiger charge is 2.00. The lowest BCUT2D eigenvalue weighted by Crippen LogP contribution is -1.95. The van der Waals surface area contributed by atoms with Crippen LogP contribution in [0.3, 0.4) is 0 Å². The van der Waals surface area contributed by atoms with Gasteiger partial charge in [0.15, 0.2) is 0 Å². The predicted molar refractivity (Wildman–Crippen MR) is 144 cm³/mol. The molecule has 0 spiro atoms. The number of alkyl halides is 2. The molecule has 0 amide bonds. The van der Waals surface area contributed by atoms with Crippen LogP contribution in [0.4, 0.5) is 0 Å². The van der Waals surface area contributed by atoms with Gasteiger partial charge in [0.2, 0.25) is 0 Å². The summed E-state index contributed by atoms with van der Waals surface area (Å²) in [6, 6.07) is 0. The number of unbranched alkanes of at least 4 members (excludes halogenated alkanes) is 17. The van der Waals surface area contributed by atoms with Crippen LogP contribution in [0.2, 0.25) is 0 Å². The van der Waals surface area contributed by atoms with E-state index in [1.807, 2.05) is 0 Å². The van der Waals surface area contributed by atoms with E-state index in [9.17, 15) is 0 Å². The van der Waals surface area contributed by atoms with Crippen molar-refractivity contribution in [3.05, 3.63) is 0 Å². The quantitative estimate of drug-likeness (QED) is 0.110. The SMILES string of the molecule is CCCCCCCCCCCC(Cl)CC.CCCCCCCCCCCCC(C)Cl. The highest BCUT2D eigenvalue weighted by atomic mass is 35.5. The van der Waals surface area contributed by atoms with Crippen LogP contribution in [0.25, 0.3) is 0 Å². The van der Waals surface area contributed by atoms with Gasteiger partial charge in [0.05, 0.1) is 0 Å². The molecule has 184 valence electrons. The zero-order chi connectivity index (χ0) is 22.7. The first kappa shape index (κ1) is 32.8. The molecule has 0 rings (SSSR count). The fourth-order valence-electron chi connectivity index (χ4n) is 3.79. The van der Waals surface area contributed by atoms with Gasteiger partial charge in [-0.3, -0.25) is 0 Å². The molecule has 0 saturated heterocycles. The van der Waals surface area contributed by atoms with Crippen molar-refractivity contribution >= 4 is 23.2 Å². The molecule has 0 fully saturated rings. The minimum atomic E-state index is 0.374. The molecule has 0 nitrogen and oxygen atoms in total. The van der Waals surface area contributed by atoms with E-state index >= 15 is 0 Å². The first-order chi connectivity index (χ1) is 14.6. The molecule has 0 aliphatic rings. The zero-order valence-electron chi connectivity index (χ0n) is 21.5. The van der Waals surface area contributed by atoms with Crippen molar-refractivity contribution in [3.63, 3.8) is 0 Å². The van der Waals surface area contributed by atoms with Crippen LogP contribution in [0.1, 0.15) is 169 Å². The van der Waals surface area contributed by atoms with Crippen molar-refractivity contribution in [1.82, 2.24) is 0 Å².